The van der Waals surface area contributed by atoms with Gasteiger partial charge in [-0.25, -0.2) is 8.42 Å². The molecule has 5 nitrogen and oxygen atoms in total. The molecule has 2 atom stereocenters. The summed E-state index contributed by atoms with van der Waals surface area (Å²) in [6, 6.07) is 0. The van der Waals surface area contributed by atoms with Gasteiger partial charge in [-0.3, -0.25) is 4.90 Å². The van der Waals surface area contributed by atoms with E-state index in [1.807, 2.05) is 18.7 Å². The smallest absolute Gasteiger partial charge is 0.164 e. The van der Waals surface area contributed by atoms with E-state index in [9.17, 15) is 8.42 Å². The zero-order valence-corrected chi connectivity index (χ0v) is 13.0. The Kier molecular flexibility index (Phi) is 5.92. The molecule has 1 saturated heterocycles. The highest BCUT2D eigenvalue weighted by atomic mass is 32.2. The van der Waals surface area contributed by atoms with Gasteiger partial charge in [0.1, 0.15) is 5.37 Å². The Balaban J connectivity index is 2.93. The highest BCUT2D eigenvalue weighted by Crippen LogP contribution is 2.27. The predicted molar refractivity (Wildman–Crippen MR) is 76.6 cm³/mol. The Bertz CT molecular complexity index is 361. The summed E-state index contributed by atoms with van der Waals surface area (Å²) in [7, 11) is -3.10. The van der Waals surface area contributed by atoms with Crippen LogP contribution < -0.4 is 5.73 Å². The number of hydrogen-bond donors (Lipinski definition) is 1. The predicted octanol–water partition coefficient (Wildman–Crippen LogP) is 0.160. The maximum Gasteiger partial charge on any atom is 0.164 e. The van der Waals surface area contributed by atoms with Crippen molar-refractivity contribution in [3.05, 3.63) is 0 Å². The summed E-state index contributed by atoms with van der Waals surface area (Å²) in [4.78, 5) is 2.01. The van der Waals surface area contributed by atoms with Crippen molar-refractivity contribution in [2.24, 2.45) is 5.73 Å². The number of rotatable bonds is 6. The summed E-state index contributed by atoms with van der Waals surface area (Å²) in [6.45, 7) is 6.12. The van der Waals surface area contributed by atoms with Crippen LogP contribution >= 0.6 is 11.8 Å². The van der Waals surface area contributed by atoms with Crippen LogP contribution in [0.3, 0.4) is 0 Å². The van der Waals surface area contributed by atoms with Crippen molar-refractivity contribution in [3.63, 3.8) is 0 Å². The van der Waals surface area contributed by atoms with Crippen molar-refractivity contribution in [3.8, 4) is 0 Å². The molecule has 0 bridgehead atoms. The molecule has 2 N–H and O–H groups in total. The third kappa shape index (κ3) is 3.84. The minimum absolute atomic E-state index is 0.393. The van der Waals surface area contributed by atoms with E-state index in [2.05, 4.69) is 0 Å². The van der Waals surface area contributed by atoms with Crippen molar-refractivity contribution in [1.29, 1.82) is 0 Å². The average molecular weight is 296 g/mol. The molecule has 0 spiro atoms. The topological polar surface area (TPSA) is 72.6 Å². The maximum absolute atomic E-state index is 11.9. The van der Waals surface area contributed by atoms with E-state index in [0.29, 0.717) is 25.5 Å². The molecule has 1 fully saturated rings. The molecule has 0 saturated carbocycles. The molecule has 0 aromatic rings. The van der Waals surface area contributed by atoms with Crippen LogP contribution in [0.15, 0.2) is 0 Å². The van der Waals surface area contributed by atoms with E-state index in [0.717, 1.165) is 12.3 Å². The Morgan fingerprint density at radius 2 is 2.22 bits per heavy atom. The molecule has 1 aliphatic rings. The van der Waals surface area contributed by atoms with Gasteiger partial charge in [0.2, 0.25) is 0 Å². The van der Waals surface area contributed by atoms with Crippen molar-refractivity contribution in [1.82, 2.24) is 4.90 Å². The van der Waals surface area contributed by atoms with Gasteiger partial charge in [0, 0.05) is 37.5 Å². The van der Waals surface area contributed by atoms with Crippen LogP contribution in [0.25, 0.3) is 0 Å². The lowest BCUT2D eigenvalue weighted by Gasteiger charge is -2.46. The lowest BCUT2D eigenvalue weighted by atomic mass is 10.0. The van der Waals surface area contributed by atoms with Gasteiger partial charge in [-0.15, -0.1) is 0 Å². The number of ether oxygens (including phenoxy) is 1. The first-order valence-corrected chi connectivity index (χ1v) is 9.27. The van der Waals surface area contributed by atoms with Gasteiger partial charge in [-0.05, 0) is 13.8 Å². The van der Waals surface area contributed by atoms with Crippen molar-refractivity contribution in [2.75, 3.05) is 44.1 Å². The second-order valence-corrected chi connectivity index (χ2v) is 8.24. The zero-order valence-electron chi connectivity index (χ0n) is 11.4. The largest absolute Gasteiger partial charge is 0.380 e. The fourth-order valence-corrected chi connectivity index (χ4v) is 5.11. The highest BCUT2D eigenvalue weighted by molar-refractivity contribution is 8.00. The van der Waals surface area contributed by atoms with Crippen LogP contribution in [-0.4, -0.2) is 68.3 Å². The van der Waals surface area contributed by atoms with Crippen LogP contribution in [0.2, 0.25) is 0 Å². The molecule has 0 radical (unpaired) electrons. The van der Waals surface area contributed by atoms with E-state index >= 15 is 0 Å². The Morgan fingerprint density at radius 3 is 2.72 bits per heavy atom. The fourth-order valence-electron chi connectivity index (χ4n) is 2.13. The van der Waals surface area contributed by atoms with Gasteiger partial charge in [0.15, 0.2) is 9.84 Å². The molecule has 1 aliphatic heterocycles. The molecule has 0 aliphatic carbocycles. The lowest BCUT2D eigenvalue weighted by Crippen LogP contribution is -2.62. The van der Waals surface area contributed by atoms with Gasteiger partial charge in [-0.2, -0.15) is 11.8 Å². The second kappa shape index (κ2) is 6.56. The first kappa shape index (κ1) is 16.2. The van der Waals surface area contributed by atoms with Crippen LogP contribution in [0.1, 0.15) is 13.8 Å². The van der Waals surface area contributed by atoms with Crippen LogP contribution in [0.4, 0.5) is 0 Å². The van der Waals surface area contributed by atoms with Crippen LogP contribution in [-0.2, 0) is 14.6 Å². The first-order chi connectivity index (χ1) is 8.35. The average Bonchev–Trinajstić information content (AvgIpc) is 2.35. The standard InChI is InChI=1S/C11H24N2O3S2/c1-4-16-9-11(2,8-12)13-5-6-17-7-10(13)18(3,14)15/h10H,4-9,12H2,1-3H3. The highest BCUT2D eigenvalue weighted by Gasteiger charge is 2.41. The lowest BCUT2D eigenvalue weighted by molar-refractivity contribution is 0.00787. The van der Waals surface area contributed by atoms with Crippen molar-refractivity contribution < 1.29 is 13.2 Å². The molecule has 0 amide bonds. The van der Waals surface area contributed by atoms with Crippen molar-refractivity contribution >= 4 is 21.6 Å². The van der Waals surface area contributed by atoms with Gasteiger partial charge in [-0.1, -0.05) is 0 Å². The third-order valence-electron chi connectivity index (χ3n) is 3.33. The monoisotopic (exact) mass is 296 g/mol. The summed E-state index contributed by atoms with van der Waals surface area (Å²) >= 11 is 1.68. The van der Waals surface area contributed by atoms with Gasteiger partial charge >= 0.3 is 0 Å². The molecule has 2 unspecified atom stereocenters. The minimum Gasteiger partial charge on any atom is -0.380 e. The van der Waals surface area contributed by atoms with Crippen LogP contribution in [0, 0.1) is 0 Å². The normalized spacial score (nSPS) is 25.9. The van der Waals surface area contributed by atoms with E-state index < -0.39 is 20.8 Å². The van der Waals surface area contributed by atoms with E-state index in [4.69, 9.17) is 10.5 Å². The summed E-state index contributed by atoms with van der Waals surface area (Å²) in [5.74, 6) is 1.55. The van der Waals surface area contributed by atoms with E-state index in [1.54, 1.807) is 11.8 Å². The second-order valence-electron chi connectivity index (χ2n) is 4.89. The molecular weight excluding hydrogens is 272 g/mol. The summed E-state index contributed by atoms with van der Waals surface area (Å²) < 4.78 is 29.3. The molecule has 108 valence electrons. The number of sulfone groups is 1. The van der Waals surface area contributed by atoms with E-state index in [1.165, 1.54) is 6.26 Å². The number of nitrogens with zero attached hydrogens (tertiary/aromatic N) is 1. The SMILES string of the molecule is CCOCC(C)(CN)N1CCSCC1S(C)(=O)=O. The Morgan fingerprint density at radius 1 is 1.56 bits per heavy atom. The first-order valence-electron chi connectivity index (χ1n) is 6.16. The molecule has 0 aromatic carbocycles. The van der Waals surface area contributed by atoms with Crippen LogP contribution in [0.5, 0.6) is 0 Å². The van der Waals surface area contributed by atoms with Crippen molar-refractivity contribution in [2.45, 2.75) is 24.8 Å². The number of thioether (sulfide) groups is 1. The molecule has 7 heteroatoms. The molecule has 1 heterocycles. The summed E-state index contributed by atoms with van der Waals surface area (Å²) in [6.07, 6.45) is 1.30. The zero-order chi connectivity index (χ0) is 13.8. The molecular formula is C11H24N2O3S2. The quantitative estimate of drug-likeness (QED) is 0.753. The fraction of sp³-hybridized carbons (Fsp3) is 1.00. The third-order valence-corrected chi connectivity index (χ3v) is 5.97. The summed E-state index contributed by atoms with van der Waals surface area (Å²) in [5.41, 5.74) is 5.45. The number of hydrogen-bond acceptors (Lipinski definition) is 6. The summed E-state index contributed by atoms with van der Waals surface area (Å²) in [5, 5.41) is -0.453. The molecule has 18 heavy (non-hydrogen) atoms. The molecule has 0 aromatic heterocycles. The van der Waals surface area contributed by atoms with Gasteiger partial charge in [0.25, 0.3) is 0 Å². The Labute approximate surface area is 114 Å². The maximum atomic E-state index is 11.9. The number of nitrogens with two attached hydrogens (primary N) is 1. The van der Waals surface area contributed by atoms with Gasteiger partial charge < -0.3 is 10.5 Å². The Hall–Kier alpha value is 0.180. The minimum atomic E-state index is -3.10. The van der Waals surface area contributed by atoms with Gasteiger partial charge in [0.05, 0.1) is 12.1 Å². The van der Waals surface area contributed by atoms with E-state index in [-0.39, 0.29) is 0 Å². The molecule has 1 rings (SSSR count).